The van der Waals surface area contributed by atoms with Crippen LogP contribution in [0.4, 0.5) is 0 Å². The third-order valence-corrected chi connectivity index (χ3v) is 1.81. The number of hydrazine groups is 1. The standard InChI is InChI=1S/C10H20N2O/c1-3-5-7-10(12-11)8-6-9-13-4-2/h10,12H,4,6-9,11H2,1-2H3. The summed E-state index contributed by atoms with van der Waals surface area (Å²) in [6, 6.07) is 0.299. The molecule has 3 heteroatoms. The topological polar surface area (TPSA) is 47.3 Å². The van der Waals surface area contributed by atoms with Gasteiger partial charge in [0.25, 0.3) is 0 Å². The molecule has 0 heterocycles. The van der Waals surface area contributed by atoms with Crippen LogP contribution < -0.4 is 11.3 Å². The quantitative estimate of drug-likeness (QED) is 0.269. The molecule has 76 valence electrons. The molecular weight excluding hydrogens is 164 g/mol. The average molecular weight is 184 g/mol. The van der Waals surface area contributed by atoms with Gasteiger partial charge in [0.15, 0.2) is 0 Å². The molecule has 0 aromatic heterocycles. The lowest BCUT2D eigenvalue weighted by atomic mass is 10.1. The molecule has 3 nitrogen and oxygen atoms in total. The van der Waals surface area contributed by atoms with Gasteiger partial charge >= 0.3 is 0 Å². The fourth-order valence-corrected chi connectivity index (χ4v) is 1.05. The minimum absolute atomic E-state index is 0.299. The number of rotatable bonds is 7. The zero-order chi connectivity index (χ0) is 9.94. The van der Waals surface area contributed by atoms with Crippen LogP contribution in [0.2, 0.25) is 0 Å². The third-order valence-electron chi connectivity index (χ3n) is 1.81. The molecule has 0 aliphatic rings. The summed E-state index contributed by atoms with van der Waals surface area (Å²) in [5.74, 6) is 11.2. The summed E-state index contributed by atoms with van der Waals surface area (Å²) in [6.45, 7) is 5.44. The number of hydrogen-bond donors (Lipinski definition) is 2. The van der Waals surface area contributed by atoms with Crippen LogP contribution in [0.1, 0.15) is 33.1 Å². The molecule has 13 heavy (non-hydrogen) atoms. The lowest BCUT2D eigenvalue weighted by Gasteiger charge is -2.11. The van der Waals surface area contributed by atoms with E-state index in [1.54, 1.807) is 0 Å². The SMILES string of the molecule is CC#CCC(CCCOCC)NN. The molecule has 0 aromatic carbocycles. The fourth-order valence-electron chi connectivity index (χ4n) is 1.05. The van der Waals surface area contributed by atoms with E-state index in [1.165, 1.54) is 0 Å². The Kier molecular flexibility index (Phi) is 9.12. The molecule has 3 N–H and O–H groups in total. The van der Waals surface area contributed by atoms with E-state index in [0.29, 0.717) is 6.04 Å². The summed E-state index contributed by atoms with van der Waals surface area (Å²) >= 11 is 0. The Morgan fingerprint density at radius 2 is 2.31 bits per heavy atom. The van der Waals surface area contributed by atoms with Crippen molar-refractivity contribution in [1.29, 1.82) is 0 Å². The van der Waals surface area contributed by atoms with Gasteiger partial charge in [-0.3, -0.25) is 11.3 Å². The van der Waals surface area contributed by atoms with E-state index < -0.39 is 0 Å². The van der Waals surface area contributed by atoms with Crippen molar-refractivity contribution in [1.82, 2.24) is 5.43 Å². The maximum atomic E-state index is 5.37. The van der Waals surface area contributed by atoms with Gasteiger partial charge in [-0.25, -0.2) is 0 Å². The van der Waals surface area contributed by atoms with E-state index in [2.05, 4.69) is 17.3 Å². The first kappa shape index (κ1) is 12.4. The predicted octanol–water partition coefficient (Wildman–Crippen LogP) is 1.05. The largest absolute Gasteiger partial charge is 0.382 e. The first-order chi connectivity index (χ1) is 6.35. The highest BCUT2D eigenvalue weighted by molar-refractivity contribution is 4.97. The molecule has 0 bridgehead atoms. The summed E-state index contributed by atoms with van der Waals surface area (Å²) in [6.07, 6.45) is 2.87. The first-order valence-corrected chi connectivity index (χ1v) is 4.78. The molecule has 0 aliphatic carbocycles. The molecule has 1 unspecified atom stereocenters. The fraction of sp³-hybridized carbons (Fsp3) is 0.800. The van der Waals surface area contributed by atoms with Gasteiger partial charge in [-0.2, -0.15) is 0 Å². The second-order valence-corrected chi connectivity index (χ2v) is 2.83. The van der Waals surface area contributed by atoms with Crippen molar-refractivity contribution in [3.8, 4) is 11.8 Å². The molecule has 0 aliphatic heterocycles. The van der Waals surface area contributed by atoms with Crippen molar-refractivity contribution in [3.05, 3.63) is 0 Å². The minimum atomic E-state index is 0.299. The molecule has 0 fully saturated rings. The van der Waals surface area contributed by atoms with Crippen LogP contribution in [0.15, 0.2) is 0 Å². The van der Waals surface area contributed by atoms with Gasteiger partial charge in [0.05, 0.1) is 0 Å². The van der Waals surface area contributed by atoms with Gasteiger partial charge in [0, 0.05) is 25.7 Å². The summed E-state index contributed by atoms with van der Waals surface area (Å²) in [7, 11) is 0. The summed E-state index contributed by atoms with van der Waals surface area (Å²) < 4.78 is 5.23. The Hall–Kier alpha value is -0.560. The smallest absolute Gasteiger partial charge is 0.0466 e. The van der Waals surface area contributed by atoms with Crippen LogP contribution in [0.25, 0.3) is 0 Å². The molecule has 0 saturated heterocycles. The number of nitrogens with one attached hydrogen (secondary N) is 1. The van der Waals surface area contributed by atoms with E-state index in [0.717, 1.165) is 32.5 Å². The highest BCUT2D eigenvalue weighted by Gasteiger charge is 2.03. The van der Waals surface area contributed by atoms with E-state index in [9.17, 15) is 0 Å². The molecule has 0 spiro atoms. The van der Waals surface area contributed by atoms with Gasteiger partial charge in [0.2, 0.25) is 0 Å². The van der Waals surface area contributed by atoms with Crippen LogP contribution in [-0.4, -0.2) is 19.3 Å². The van der Waals surface area contributed by atoms with Crippen molar-refractivity contribution in [2.75, 3.05) is 13.2 Å². The molecule has 0 aromatic rings. The van der Waals surface area contributed by atoms with E-state index >= 15 is 0 Å². The molecule has 0 radical (unpaired) electrons. The van der Waals surface area contributed by atoms with Crippen LogP contribution in [-0.2, 0) is 4.74 Å². The monoisotopic (exact) mass is 184 g/mol. The summed E-state index contributed by atoms with van der Waals surface area (Å²) in [5.41, 5.74) is 2.76. The summed E-state index contributed by atoms with van der Waals surface area (Å²) in [4.78, 5) is 0. The number of nitrogens with two attached hydrogens (primary N) is 1. The second-order valence-electron chi connectivity index (χ2n) is 2.83. The number of hydrogen-bond acceptors (Lipinski definition) is 3. The zero-order valence-electron chi connectivity index (χ0n) is 8.60. The van der Waals surface area contributed by atoms with Gasteiger partial charge in [-0.05, 0) is 26.7 Å². The molecular formula is C10H20N2O. The maximum Gasteiger partial charge on any atom is 0.0466 e. The lowest BCUT2D eigenvalue weighted by molar-refractivity contribution is 0.141. The van der Waals surface area contributed by atoms with Crippen molar-refractivity contribution in [2.45, 2.75) is 39.2 Å². The highest BCUT2D eigenvalue weighted by atomic mass is 16.5. The van der Waals surface area contributed by atoms with Crippen molar-refractivity contribution in [2.24, 2.45) is 5.84 Å². The predicted molar refractivity (Wildman–Crippen MR) is 54.9 cm³/mol. The van der Waals surface area contributed by atoms with Crippen molar-refractivity contribution >= 4 is 0 Å². The summed E-state index contributed by atoms with van der Waals surface area (Å²) in [5, 5.41) is 0. The van der Waals surface area contributed by atoms with Crippen molar-refractivity contribution in [3.63, 3.8) is 0 Å². The Morgan fingerprint density at radius 3 is 2.85 bits per heavy atom. The van der Waals surface area contributed by atoms with Gasteiger partial charge in [-0.1, -0.05) is 0 Å². The number of ether oxygens (including phenoxy) is 1. The first-order valence-electron chi connectivity index (χ1n) is 4.78. The molecule has 0 amide bonds. The van der Waals surface area contributed by atoms with Gasteiger partial charge in [-0.15, -0.1) is 11.8 Å². The lowest BCUT2D eigenvalue weighted by Crippen LogP contribution is -2.34. The van der Waals surface area contributed by atoms with Crippen LogP contribution in [0, 0.1) is 11.8 Å². The van der Waals surface area contributed by atoms with E-state index in [4.69, 9.17) is 10.6 Å². The van der Waals surface area contributed by atoms with Gasteiger partial charge in [0.1, 0.15) is 0 Å². The van der Waals surface area contributed by atoms with Crippen LogP contribution in [0.5, 0.6) is 0 Å². The van der Waals surface area contributed by atoms with Gasteiger partial charge < -0.3 is 4.74 Å². The van der Waals surface area contributed by atoms with Crippen LogP contribution in [0.3, 0.4) is 0 Å². The maximum absolute atomic E-state index is 5.37. The average Bonchev–Trinajstić information content (AvgIpc) is 2.17. The Morgan fingerprint density at radius 1 is 1.54 bits per heavy atom. The van der Waals surface area contributed by atoms with E-state index in [-0.39, 0.29) is 0 Å². The van der Waals surface area contributed by atoms with E-state index in [1.807, 2.05) is 13.8 Å². The van der Waals surface area contributed by atoms with Crippen molar-refractivity contribution < 1.29 is 4.74 Å². The zero-order valence-corrected chi connectivity index (χ0v) is 8.60. The highest BCUT2D eigenvalue weighted by Crippen LogP contribution is 2.00. The third kappa shape index (κ3) is 7.79. The minimum Gasteiger partial charge on any atom is -0.382 e. The molecule has 1 atom stereocenters. The Labute approximate surface area is 81.0 Å². The molecule has 0 saturated carbocycles. The molecule has 0 rings (SSSR count). The Balaban J connectivity index is 3.40. The normalized spacial score (nSPS) is 11.9. The Bertz CT molecular complexity index is 160. The van der Waals surface area contributed by atoms with Crippen LogP contribution >= 0.6 is 0 Å². The second kappa shape index (κ2) is 9.53.